The van der Waals surface area contributed by atoms with E-state index in [0.29, 0.717) is 9.50 Å². The molecule has 0 aromatic heterocycles. The first-order chi connectivity index (χ1) is 8.49. The number of benzene rings is 2. The van der Waals surface area contributed by atoms with Crippen molar-refractivity contribution in [3.8, 4) is 0 Å². The van der Waals surface area contributed by atoms with Gasteiger partial charge in [-0.1, -0.05) is 29.8 Å². The lowest BCUT2D eigenvalue weighted by Crippen LogP contribution is -2.12. The van der Waals surface area contributed by atoms with Crippen LogP contribution >= 0.6 is 27.5 Å². The minimum absolute atomic E-state index is 0.305. The second kappa shape index (κ2) is 5.39. The Morgan fingerprint density at radius 1 is 1.22 bits per heavy atom. The molecular formula is C14H12BrClFN. The van der Waals surface area contributed by atoms with Crippen molar-refractivity contribution >= 4 is 27.5 Å². The largest absolute Gasteiger partial charge is 0.320 e. The molecule has 1 nitrogen and oxygen atoms in total. The maximum atomic E-state index is 13.2. The van der Waals surface area contributed by atoms with Crippen molar-refractivity contribution in [2.24, 2.45) is 5.73 Å². The molecule has 1 atom stereocenters. The SMILES string of the molecule is Cc1ccc(C(N)c2ccc(F)c(Br)c2)c(Cl)c1. The van der Waals surface area contributed by atoms with E-state index in [2.05, 4.69) is 15.9 Å². The van der Waals surface area contributed by atoms with Gasteiger partial charge in [0.2, 0.25) is 0 Å². The van der Waals surface area contributed by atoms with E-state index in [1.165, 1.54) is 6.07 Å². The first-order valence-corrected chi connectivity index (χ1v) is 6.62. The molecule has 0 aliphatic carbocycles. The van der Waals surface area contributed by atoms with Crippen LogP contribution in [0.5, 0.6) is 0 Å². The Kier molecular flexibility index (Phi) is 4.05. The first-order valence-electron chi connectivity index (χ1n) is 5.45. The van der Waals surface area contributed by atoms with E-state index < -0.39 is 0 Å². The summed E-state index contributed by atoms with van der Waals surface area (Å²) in [4.78, 5) is 0. The predicted octanol–water partition coefficient (Wildman–Crippen LogP) is 4.60. The molecule has 0 spiro atoms. The Bertz CT molecular complexity index is 586. The summed E-state index contributed by atoms with van der Waals surface area (Å²) in [5, 5.41) is 0.628. The van der Waals surface area contributed by atoms with Gasteiger partial charge in [0.1, 0.15) is 5.82 Å². The minimum atomic E-state index is -0.366. The van der Waals surface area contributed by atoms with Crippen LogP contribution in [0.1, 0.15) is 22.7 Å². The molecule has 2 N–H and O–H groups in total. The summed E-state index contributed by atoms with van der Waals surface area (Å²) in [7, 11) is 0. The highest BCUT2D eigenvalue weighted by molar-refractivity contribution is 9.10. The molecule has 0 aliphatic rings. The number of hydrogen-bond acceptors (Lipinski definition) is 1. The van der Waals surface area contributed by atoms with Crippen LogP contribution in [0.2, 0.25) is 5.02 Å². The Hall–Kier alpha value is -0.900. The Labute approximate surface area is 119 Å². The molecule has 4 heteroatoms. The van der Waals surface area contributed by atoms with E-state index in [4.69, 9.17) is 17.3 Å². The normalized spacial score (nSPS) is 12.5. The molecule has 0 amide bonds. The van der Waals surface area contributed by atoms with E-state index >= 15 is 0 Å². The molecule has 2 aromatic rings. The Morgan fingerprint density at radius 3 is 2.56 bits per heavy atom. The van der Waals surface area contributed by atoms with Gasteiger partial charge >= 0.3 is 0 Å². The van der Waals surface area contributed by atoms with Gasteiger partial charge in [0.25, 0.3) is 0 Å². The number of halogens is 3. The van der Waals surface area contributed by atoms with Crippen LogP contribution in [0, 0.1) is 12.7 Å². The zero-order valence-corrected chi connectivity index (χ0v) is 12.1. The van der Waals surface area contributed by atoms with Gasteiger partial charge in [0, 0.05) is 5.02 Å². The third kappa shape index (κ3) is 2.74. The highest BCUT2D eigenvalue weighted by Crippen LogP contribution is 2.29. The number of hydrogen-bond donors (Lipinski definition) is 1. The maximum Gasteiger partial charge on any atom is 0.137 e. The summed E-state index contributed by atoms with van der Waals surface area (Å²) < 4.78 is 13.6. The molecule has 94 valence electrons. The lowest BCUT2D eigenvalue weighted by molar-refractivity contribution is 0.619. The maximum absolute atomic E-state index is 13.2. The molecular weight excluding hydrogens is 317 g/mol. The standard InChI is InChI=1S/C14H12BrClFN/c1-8-2-4-10(12(16)6-8)14(18)9-3-5-13(17)11(15)7-9/h2-7,14H,18H2,1H3. The van der Waals surface area contributed by atoms with Crippen LogP contribution in [0.4, 0.5) is 4.39 Å². The van der Waals surface area contributed by atoms with E-state index in [1.54, 1.807) is 12.1 Å². The van der Waals surface area contributed by atoms with Gasteiger partial charge in [-0.15, -0.1) is 0 Å². The fourth-order valence-electron chi connectivity index (χ4n) is 1.77. The lowest BCUT2D eigenvalue weighted by Gasteiger charge is -2.15. The molecule has 0 radical (unpaired) electrons. The second-order valence-electron chi connectivity index (χ2n) is 4.18. The molecule has 1 unspecified atom stereocenters. The summed E-state index contributed by atoms with van der Waals surface area (Å²) >= 11 is 9.33. The molecule has 2 rings (SSSR count). The monoisotopic (exact) mass is 327 g/mol. The van der Waals surface area contributed by atoms with Crippen molar-refractivity contribution in [1.29, 1.82) is 0 Å². The molecule has 0 fully saturated rings. The Morgan fingerprint density at radius 2 is 1.94 bits per heavy atom. The first kappa shape index (κ1) is 13.5. The van der Waals surface area contributed by atoms with E-state index in [-0.39, 0.29) is 11.9 Å². The van der Waals surface area contributed by atoms with Gasteiger partial charge in [-0.05, 0) is 57.7 Å². The summed E-state index contributed by atoms with van der Waals surface area (Å²) in [5.74, 6) is -0.305. The van der Waals surface area contributed by atoms with Gasteiger partial charge in [0.15, 0.2) is 0 Å². The molecule has 0 heterocycles. The van der Waals surface area contributed by atoms with Crippen LogP contribution in [-0.4, -0.2) is 0 Å². The summed E-state index contributed by atoms with van der Waals surface area (Å²) in [6, 6.07) is 10.1. The third-order valence-corrected chi connectivity index (χ3v) is 3.73. The quantitative estimate of drug-likeness (QED) is 0.856. The zero-order valence-electron chi connectivity index (χ0n) is 9.75. The van der Waals surface area contributed by atoms with Crippen molar-refractivity contribution in [2.45, 2.75) is 13.0 Å². The number of rotatable bonds is 2. The smallest absolute Gasteiger partial charge is 0.137 e. The van der Waals surface area contributed by atoms with E-state index in [9.17, 15) is 4.39 Å². The summed E-state index contributed by atoms with van der Waals surface area (Å²) in [6.45, 7) is 1.97. The summed E-state index contributed by atoms with van der Waals surface area (Å²) in [6.07, 6.45) is 0. The second-order valence-corrected chi connectivity index (χ2v) is 5.44. The number of aryl methyl sites for hydroxylation is 1. The fourth-order valence-corrected chi connectivity index (χ4v) is 2.52. The molecule has 0 saturated carbocycles. The van der Waals surface area contributed by atoms with Crippen molar-refractivity contribution in [2.75, 3.05) is 0 Å². The molecule has 2 aromatic carbocycles. The van der Waals surface area contributed by atoms with Crippen LogP contribution in [0.25, 0.3) is 0 Å². The van der Waals surface area contributed by atoms with Crippen LogP contribution in [-0.2, 0) is 0 Å². The molecule has 0 saturated heterocycles. The van der Waals surface area contributed by atoms with Gasteiger partial charge in [-0.2, -0.15) is 0 Å². The van der Waals surface area contributed by atoms with Crippen LogP contribution in [0.3, 0.4) is 0 Å². The lowest BCUT2D eigenvalue weighted by atomic mass is 9.98. The van der Waals surface area contributed by atoms with Crippen LogP contribution in [0.15, 0.2) is 40.9 Å². The zero-order chi connectivity index (χ0) is 13.3. The van der Waals surface area contributed by atoms with Crippen molar-refractivity contribution < 1.29 is 4.39 Å². The molecule has 0 bridgehead atoms. The average Bonchev–Trinajstić information content (AvgIpc) is 2.32. The number of nitrogens with two attached hydrogens (primary N) is 1. The minimum Gasteiger partial charge on any atom is -0.320 e. The Balaban J connectivity index is 2.41. The molecule has 18 heavy (non-hydrogen) atoms. The fraction of sp³-hybridized carbons (Fsp3) is 0.143. The van der Waals surface area contributed by atoms with Crippen molar-refractivity contribution in [1.82, 2.24) is 0 Å². The average molecular weight is 329 g/mol. The summed E-state index contributed by atoms with van der Waals surface area (Å²) in [5.41, 5.74) is 8.89. The topological polar surface area (TPSA) is 26.0 Å². The van der Waals surface area contributed by atoms with Crippen molar-refractivity contribution in [3.05, 3.63) is 68.4 Å². The van der Waals surface area contributed by atoms with Gasteiger partial charge < -0.3 is 5.73 Å². The van der Waals surface area contributed by atoms with Gasteiger partial charge in [-0.25, -0.2) is 4.39 Å². The van der Waals surface area contributed by atoms with Crippen LogP contribution < -0.4 is 5.73 Å². The van der Waals surface area contributed by atoms with Gasteiger partial charge in [0.05, 0.1) is 10.5 Å². The van der Waals surface area contributed by atoms with E-state index in [0.717, 1.165) is 16.7 Å². The highest BCUT2D eigenvalue weighted by Gasteiger charge is 2.13. The van der Waals surface area contributed by atoms with Gasteiger partial charge in [-0.3, -0.25) is 0 Å². The molecule has 0 aliphatic heterocycles. The third-order valence-electron chi connectivity index (χ3n) is 2.79. The predicted molar refractivity (Wildman–Crippen MR) is 76.3 cm³/mol. The van der Waals surface area contributed by atoms with E-state index in [1.807, 2.05) is 25.1 Å². The highest BCUT2D eigenvalue weighted by atomic mass is 79.9. The van der Waals surface area contributed by atoms with Crippen molar-refractivity contribution in [3.63, 3.8) is 0 Å².